The Hall–Kier alpha value is -0.610. The van der Waals surface area contributed by atoms with Crippen molar-refractivity contribution in [1.29, 1.82) is 0 Å². The van der Waals surface area contributed by atoms with Crippen molar-refractivity contribution in [2.24, 2.45) is 11.8 Å². The second-order valence-corrected chi connectivity index (χ2v) is 6.12. The van der Waals surface area contributed by atoms with Crippen LogP contribution in [0.25, 0.3) is 0 Å². The van der Waals surface area contributed by atoms with Crippen molar-refractivity contribution in [3.05, 3.63) is 22.3 Å². The Balaban J connectivity index is 1.80. The molecule has 2 unspecified atom stereocenters. The maximum Gasteiger partial charge on any atom is 0.131 e. The highest BCUT2D eigenvalue weighted by Gasteiger charge is 2.33. The Morgan fingerprint density at radius 3 is 3.06 bits per heavy atom. The second-order valence-electron chi connectivity index (χ2n) is 5.21. The third kappa shape index (κ3) is 2.20. The van der Waals surface area contributed by atoms with Gasteiger partial charge in [-0.15, -0.1) is 0 Å². The van der Waals surface area contributed by atoms with Crippen LogP contribution in [0.15, 0.2) is 16.7 Å². The predicted octanol–water partition coefficient (Wildman–Crippen LogP) is 2.20. The van der Waals surface area contributed by atoms with Crippen LogP contribution < -0.4 is 10.2 Å². The molecular weight excluding hydrogens is 278 g/mol. The van der Waals surface area contributed by atoms with Gasteiger partial charge in [-0.3, -0.25) is 0 Å². The van der Waals surface area contributed by atoms with Crippen molar-refractivity contribution in [2.75, 3.05) is 31.1 Å². The third-order valence-corrected chi connectivity index (χ3v) is 4.45. The first kappa shape index (κ1) is 11.5. The lowest BCUT2D eigenvalue weighted by Gasteiger charge is -2.36. The number of pyridine rings is 1. The molecule has 2 aliphatic rings. The summed E-state index contributed by atoms with van der Waals surface area (Å²) in [5, 5.41) is 3.51. The van der Waals surface area contributed by atoms with Gasteiger partial charge in [-0.2, -0.15) is 0 Å². The molecule has 92 valence electrons. The number of anilines is 1. The van der Waals surface area contributed by atoms with Gasteiger partial charge in [-0.25, -0.2) is 4.98 Å². The summed E-state index contributed by atoms with van der Waals surface area (Å²) in [7, 11) is 0. The molecule has 0 radical (unpaired) electrons. The highest BCUT2D eigenvalue weighted by Crippen LogP contribution is 2.30. The number of fused-ring (bicyclic) bond motifs is 1. The minimum absolute atomic E-state index is 0.814. The molecule has 1 aromatic heterocycles. The second kappa shape index (κ2) is 4.58. The average Bonchev–Trinajstić information content (AvgIpc) is 2.75. The minimum atomic E-state index is 0.814. The van der Waals surface area contributed by atoms with E-state index in [4.69, 9.17) is 0 Å². The van der Waals surface area contributed by atoms with E-state index in [9.17, 15) is 0 Å². The van der Waals surface area contributed by atoms with E-state index in [0.29, 0.717) is 0 Å². The molecule has 3 heterocycles. The fourth-order valence-corrected chi connectivity index (χ4v) is 3.54. The van der Waals surface area contributed by atoms with Gasteiger partial charge in [0.25, 0.3) is 0 Å². The van der Waals surface area contributed by atoms with E-state index in [2.05, 4.69) is 44.1 Å². The fourth-order valence-electron chi connectivity index (χ4n) is 3.09. The number of hydrogen-bond donors (Lipinski definition) is 1. The van der Waals surface area contributed by atoms with E-state index in [1.54, 1.807) is 0 Å². The molecular formula is C13H18BrN3. The Bertz CT molecular complexity index is 421. The molecule has 2 saturated heterocycles. The molecule has 2 aliphatic heterocycles. The Kier molecular flexibility index (Phi) is 3.09. The van der Waals surface area contributed by atoms with E-state index < -0.39 is 0 Å². The van der Waals surface area contributed by atoms with E-state index in [1.807, 2.05) is 6.20 Å². The number of halogens is 1. The van der Waals surface area contributed by atoms with Crippen LogP contribution in [-0.2, 0) is 0 Å². The van der Waals surface area contributed by atoms with Gasteiger partial charge in [0.15, 0.2) is 0 Å². The molecule has 1 N–H and O–H groups in total. The van der Waals surface area contributed by atoms with Crippen molar-refractivity contribution in [1.82, 2.24) is 10.3 Å². The lowest BCUT2D eigenvalue weighted by molar-refractivity contribution is 0.347. The number of aromatic nitrogens is 1. The number of rotatable bonds is 1. The van der Waals surface area contributed by atoms with Crippen molar-refractivity contribution in [2.45, 2.75) is 13.3 Å². The summed E-state index contributed by atoms with van der Waals surface area (Å²) in [6.45, 7) is 6.85. The molecule has 2 fully saturated rings. The lowest BCUT2D eigenvalue weighted by atomic mass is 9.88. The van der Waals surface area contributed by atoms with Crippen LogP contribution in [0.1, 0.15) is 12.0 Å². The summed E-state index contributed by atoms with van der Waals surface area (Å²) < 4.78 is 1.07. The van der Waals surface area contributed by atoms with Crippen molar-refractivity contribution >= 4 is 21.7 Å². The van der Waals surface area contributed by atoms with Gasteiger partial charge >= 0.3 is 0 Å². The molecule has 3 nitrogen and oxygen atoms in total. The van der Waals surface area contributed by atoms with Gasteiger partial charge < -0.3 is 10.2 Å². The molecule has 0 spiro atoms. The van der Waals surface area contributed by atoms with Gasteiger partial charge in [-0.05, 0) is 65.8 Å². The number of aryl methyl sites for hydroxylation is 1. The van der Waals surface area contributed by atoms with Crippen molar-refractivity contribution in [3.8, 4) is 0 Å². The Labute approximate surface area is 111 Å². The van der Waals surface area contributed by atoms with E-state index in [-0.39, 0.29) is 0 Å². The van der Waals surface area contributed by atoms with Crippen molar-refractivity contribution < 1.29 is 0 Å². The topological polar surface area (TPSA) is 28.2 Å². The summed E-state index contributed by atoms with van der Waals surface area (Å²) in [4.78, 5) is 7.03. The molecule has 0 aromatic carbocycles. The summed E-state index contributed by atoms with van der Waals surface area (Å²) in [6.07, 6.45) is 3.20. The molecule has 4 heteroatoms. The summed E-state index contributed by atoms with van der Waals surface area (Å²) in [5.41, 5.74) is 1.27. The van der Waals surface area contributed by atoms with E-state index in [1.165, 1.54) is 30.9 Å². The van der Waals surface area contributed by atoms with Crippen LogP contribution in [-0.4, -0.2) is 31.2 Å². The molecule has 0 amide bonds. The lowest BCUT2D eigenvalue weighted by Crippen LogP contribution is -2.40. The van der Waals surface area contributed by atoms with Gasteiger partial charge in [0, 0.05) is 23.8 Å². The highest BCUT2D eigenvalue weighted by atomic mass is 79.9. The Morgan fingerprint density at radius 2 is 2.24 bits per heavy atom. The van der Waals surface area contributed by atoms with Crippen LogP contribution >= 0.6 is 15.9 Å². The number of piperidine rings is 1. The molecule has 1 aromatic rings. The fraction of sp³-hybridized carbons (Fsp3) is 0.615. The van der Waals surface area contributed by atoms with Crippen LogP contribution in [0.4, 0.5) is 5.82 Å². The smallest absolute Gasteiger partial charge is 0.131 e. The maximum atomic E-state index is 4.57. The van der Waals surface area contributed by atoms with Gasteiger partial charge in [0.1, 0.15) is 5.82 Å². The summed E-state index contributed by atoms with van der Waals surface area (Å²) >= 11 is 3.47. The van der Waals surface area contributed by atoms with Crippen LogP contribution in [0.3, 0.4) is 0 Å². The van der Waals surface area contributed by atoms with Crippen LogP contribution in [0.5, 0.6) is 0 Å². The van der Waals surface area contributed by atoms with Gasteiger partial charge in [0.2, 0.25) is 0 Å². The zero-order chi connectivity index (χ0) is 11.8. The first-order valence-corrected chi connectivity index (χ1v) is 7.11. The van der Waals surface area contributed by atoms with Crippen molar-refractivity contribution in [3.63, 3.8) is 0 Å². The molecule has 0 saturated carbocycles. The molecule has 17 heavy (non-hydrogen) atoms. The molecule has 0 bridgehead atoms. The zero-order valence-electron chi connectivity index (χ0n) is 10.1. The minimum Gasteiger partial charge on any atom is -0.356 e. The van der Waals surface area contributed by atoms with Gasteiger partial charge in [0.05, 0.1) is 0 Å². The Morgan fingerprint density at radius 1 is 1.41 bits per heavy atom. The normalized spacial score (nSPS) is 28.2. The standard InChI is InChI=1S/C13H18BrN3/c1-9-4-12(14)7-16-13(9)17-3-2-10-5-15-6-11(10)8-17/h4,7,10-11,15H,2-3,5-6,8H2,1H3. The molecule has 0 aliphatic carbocycles. The van der Waals surface area contributed by atoms with E-state index in [0.717, 1.165) is 29.4 Å². The molecule has 2 atom stereocenters. The first-order chi connectivity index (χ1) is 8.24. The quantitative estimate of drug-likeness (QED) is 0.861. The summed E-state index contributed by atoms with van der Waals surface area (Å²) in [5.74, 6) is 2.87. The monoisotopic (exact) mass is 295 g/mol. The predicted molar refractivity (Wildman–Crippen MR) is 73.4 cm³/mol. The first-order valence-electron chi connectivity index (χ1n) is 6.32. The SMILES string of the molecule is Cc1cc(Br)cnc1N1CCC2CNCC2C1. The van der Waals surface area contributed by atoms with E-state index >= 15 is 0 Å². The average molecular weight is 296 g/mol. The number of nitrogens with zero attached hydrogens (tertiary/aromatic N) is 2. The maximum absolute atomic E-state index is 4.57. The number of nitrogens with one attached hydrogen (secondary N) is 1. The molecule has 3 rings (SSSR count). The zero-order valence-corrected chi connectivity index (χ0v) is 11.7. The number of hydrogen-bond acceptors (Lipinski definition) is 3. The largest absolute Gasteiger partial charge is 0.356 e. The summed E-state index contributed by atoms with van der Waals surface area (Å²) in [6, 6.07) is 2.15. The highest BCUT2D eigenvalue weighted by molar-refractivity contribution is 9.10. The van der Waals surface area contributed by atoms with Crippen LogP contribution in [0, 0.1) is 18.8 Å². The van der Waals surface area contributed by atoms with Crippen LogP contribution in [0.2, 0.25) is 0 Å². The van der Waals surface area contributed by atoms with Gasteiger partial charge in [-0.1, -0.05) is 0 Å². The third-order valence-electron chi connectivity index (χ3n) is 4.02.